The number of β-amino-alcohol motifs (C(OH)–C–C–N with tert-alkyl or cyclic N) is 1. The van der Waals surface area contributed by atoms with Gasteiger partial charge in [-0.05, 0) is 54.0 Å². The van der Waals surface area contributed by atoms with Crippen molar-refractivity contribution < 1.29 is 38.5 Å². The summed E-state index contributed by atoms with van der Waals surface area (Å²) in [5.41, 5.74) is 18.5. The maximum absolute atomic E-state index is 14.0. The Morgan fingerprint density at radius 1 is 0.943 bits per heavy atom. The van der Waals surface area contributed by atoms with E-state index in [1.807, 2.05) is 87.9 Å². The van der Waals surface area contributed by atoms with E-state index in [0.29, 0.717) is 51.0 Å². The van der Waals surface area contributed by atoms with E-state index >= 15 is 0 Å². The first-order chi connectivity index (χ1) is 33.7. The summed E-state index contributed by atoms with van der Waals surface area (Å²) in [7, 11) is 0. The third-order valence-corrected chi connectivity index (χ3v) is 13.8. The number of aliphatic hydroxyl groups is 1. The van der Waals surface area contributed by atoms with Crippen molar-refractivity contribution in [3.05, 3.63) is 88.4 Å². The number of hydrogen-bond donors (Lipinski definition) is 6. The summed E-state index contributed by atoms with van der Waals surface area (Å²) in [6.45, 7) is 10.3. The molecule has 70 heavy (non-hydrogen) atoms. The van der Waals surface area contributed by atoms with Gasteiger partial charge < -0.3 is 56.2 Å². The number of aromatic nitrogens is 5. The number of likely N-dealkylation sites (tertiary alicyclic amines) is 1. The average Bonchev–Trinajstić information content (AvgIpc) is 4.08. The number of carbonyl (C=O) groups excluding carboxylic acids is 4. The van der Waals surface area contributed by atoms with Crippen LogP contribution in [0.15, 0.2) is 60.2 Å². The van der Waals surface area contributed by atoms with Crippen LogP contribution in [-0.4, -0.2) is 135 Å². The van der Waals surface area contributed by atoms with E-state index in [-0.39, 0.29) is 68.7 Å². The maximum atomic E-state index is 14.0. The zero-order chi connectivity index (χ0) is 49.8. The third-order valence-electron chi connectivity index (χ3n) is 12.8. The second-order valence-electron chi connectivity index (χ2n) is 19.1. The van der Waals surface area contributed by atoms with E-state index in [9.17, 15) is 24.3 Å². The Hall–Kier alpha value is -5.90. The van der Waals surface area contributed by atoms with Crippen LogP contribution in [-0.2, 0) is 48.1 Å². The number of anilines is 1. The molecule has 0 radical (unpaired) electrons. The molecule has 5 atom stereocenters. The van der Waals surface area contributed by atoms with E-state index in [0.717, 1.165) is 63.8 Å². The number of thiazole rings is 1. The number of carbonyl (C=O) groups is 4. The first-order valence-electron chi connectivity index (χ1n) is 24.1. The number of benzene rings is 2. The Kier molecular flexibility index (Phi) is 18.0. The van der Waals surface area contributed by atoms with Crippen LogP contribution in [0.25, 0.3) is 21.3 Å². The van der Waals surface area contributed by atoms with Gasteiger partial charge in [-0.3, -0.25) is 19.2 Å². The first-order valence-corrected chi connectivity index (χ1v) is 24.9. The van der Waals surface area contributed by atoms with E-state index in [2.05, 4.69) is 40.7 Å². The number of nitrogens with one attached hydrogen (secondary N) is 3. The molecular formula is C50H67N11O8S. The normalized spacial score (nSPS) is 18.7. The van der Waals surface area contributed by atoms with Gasteiger partial charge >= 0.3 is 0 Å². The molecule has 2 fully saturated rings. The van der Waals surface area contributed by atoms with Gasteiger partial charge in [0.05, 0.1) is 67.5 Å². The molecule has 0 bridgehead atoms. The van der Waals surface area contributed by atoms with E-state index in [1.165, 1.54) is 4.90 Å². The molecule has 1 aliphatic heterocycles. The quantitative estimate of drug-likeness (QED) is 0.0508. The predicted octanol–water partition coefficient (Wildman–Crippen LogP) is 3.88. The number of primary amides is 1. The SMILES string of the molecule is Cc1ncsc1-c1ccc(CNC(=O)[C@@H]2C[C@@H](O)CN2C(=O)[C@@H](NC(=O)CCOCCOCCOCCn2ccc3c(Cc4nc(N[C@@H]5CCCC[C@@H]5N)nnc4C(N)=O)cccc32)C(C)(C)C)cc1. The van der Waals surface area contributed by atoms with Crippen LogP contribution in [0, 0.1) is 12.3 Å². The molecule has 20 heteroatoms. The minimum Gasteiger partial charge on any atom is -0.391 e. The van der Waals surface area contributed by atoms with Gasteiger partial charge in [-0.1, -0.05) is 70.0 Å². The lowest BCUT2D eigenvalue weighted by molar-refractivity contribution is -0.144. The Morgan fingerprint density at radius 3 is 2.37 bits per heavy atom. The van der Waals surface area contributed by atoms with Crippen molar-refractivity contribution in [3.63, 3.8) is 0 Å². The molecule has 376 valence electrons. The number of aryl methyl sites for hydroxylation is 1. The summed E-state index contributed by atoms with van der Waals surface area (Å²) < 4.78 is 19.3. The fraction of sp³-hybridized carbons (Fsp3) is 0.520. The highest BCUT2D eigenvalue weighted by molar-refractivity contribution is 7.13. The van der Waals surface area contributed by atoms with Gasteiger partial charge in [0.2, 0.25) is 23.7 Å². The Bertz CT molecular complexity index is 2560. The van der Waals surface area contributed by atoms with Gasteiger partial charge in [-0.25, -0.2) is 9.97 Å². The number of rotatable bonds is 23. The molecule has 8 N–H and O–H groups in total. The second-order valence-corrected chi connectivity index (χ2v) is 19.9. The van der Waals surface area contributed by atoms with Gasteiger partial charge in [0.15, 0.2) is 5.69 Å². The van der Waals surface area contributed by atoms with Gasteiger partial charge in [-0.2, -0.15) is 0 Å². The summed E-state index contributed by atoms with van der Waals surface area (Å²) >= 11 is 1.57. The molecule has 1 aliphatic carbocycles. The number of fused-ring (bicyclic) bond motifs is 1. The van der Waals surface area contributed by atoms with Crippen molar-refractivity contribution in [2.24, 2.45) is 16.9 Å². The molecular weight excluding hydrogens is 915 g/mol. The molecule has 1 saturated heterocycles. The van der Waals surface area contributed by atoms with Crippen molar-refractivity contribution in [2.75, 3.05) is 51.5 Å². The molecule has 5 aromatic rings. The largest absolute Gasteiger partial charge is 0.391 e. The Balaban J connectivity index is 0.788. The van der Waals surface area contributed by atoms with Gasteiger partial charge in [0.25, 0.3) is 5.91 Å². The zero-order valence-corrected chi connectivity index (χ0v) is 41.3. The van der Waals surface area contributed by atoms with Crippen LogP contribution < -0.4 is 27.4 Å². The van der Waals surface area contributed by atoms with E-state index in [1.54, 1.807) is 11.3 Å². The van der Waals surface area contributed by atoms with Crippen LogP contribution in [0.1, 0.15) is 92.3 Å². The third kappa shape index (κ3) is 13.7. The van der Waals surface area contributed by atoms with Crippen molar-refractivity contribution in [2.45, 2.75) is 116 Å². The molecule has 1 saturated carbocycles. The summed E-state index contributed by atoms with van der Waals surface area (Å²) in [5.74, 6) is -1.51. The fourth-order valence-corrected chi connectivity index (χ4v) is 9.75. The lowest BCUT2D eigenvalue weighted by Gasteiger charge is -2.35. The Labute approximate surface area is 412 Å². The van der Waals surface area contributed by atoms with Crippen LogP contribution >= 0.6 is 11.3 Å². The van der Waals surface area contributed by atoms with Gasteiger partial charge in [-0.15, -0.1) is 21.5 Å². The minimum absolute atomic E-state index is 0.00402. The lowest BCUT2D eigenvalue weighted by Crippen LogP contribution is -2.57. The summed E-state index contributed by atoms with van der Waals surface area (Å²) in [4.78, 5) is 64.3. The molecule has 3 aromatic heterocycles. The molecule has 19 nitrogen and oxygen atoms in total. The second kappa shape index (κ2) is 24.3. The number of nitrogens with two attached hydrogens (primary N) is 2. The minimum atomic E-state index is -0.936. The fourth-order valence-electron chi connectivity index (χ4n) is 8.94. The van der Waals surface area contributed by atoms with Crippen LogP contribution in [0.2, 0.25) is 0 Å². The summed E-state index contributed by atoms with van der Waals surface area (Å²) in [5, 5.41) is 29.0. The van der Waals surface area contributed by atoms with Crippen molar-refractivity contribution in [1.29, 1.82) is 0 Å². The van der Waals surface area contributed by atoms with Crippen molar-refractivity contribution >= 4 is 51.8 Å². The standard InChI is InChI=1S/C50H67N11O8S/c1-31-44(70-30-54-31)33-14-12-32(13-15-33)28-53-47(65)41-27-35(62)29-61(41)48(66)45(50(2,3)4)57-42(63)17-20-67-22-24-69-25-23-68-21-19-60-18-16-36-34(8-7-11-40(36)60)26-39-43(46(52)64)58-59-49(56-39)55-38-10-6-5-9-37(38)51/h7-8,11-16,18,30,35,37-38,41,45,62H,5-6,9-10,17,19-29,51H2,1-4H3,(H2,52,64)(H,53,65)(H,57,63)(H,55,56,59)/t35-,37+,38-,41+,45-/m1/s1. The highest BCUT2D eigenvalue weighted by Crippen LogP contribution is 2.29. The number of ether oxygens (including phenoxy) is 3. The van der Waals surface area contributed by atoms with E-state index < -0.39 is 35.4 Å². The highest BCUT2D eigenvalue weighted by Gasteiger charge is 2.44. The first kappa shape index (κ1) is 51.9. The van der Waals surface area contributed by atoms with Gasteiger partial charge in [0, 0.05) is 68.1 Å². The lowest BCUT2D eigenvalue weighted by atomic mass is 9.85. The van der Waals surface area contributed by atoms with Crippen LogP contribution in [0.3, 0.4) is 0 Å². The maximum Gasteiger partial charge on any atom is 0.271 e. The molecule has 7 rings (SSSR count). The van der Waals surface area contributed by atoms with Crippen molar-refractivity contribution in [1.82, 2.24) is 40.3 Å². The van der Waals surface area contributed by atoms with E-state index in [4.69, 9.17) is 25.7 Å². The smallest absolute Gasteiger partial charge is 0.271 e. The Morgan fingerprint density at radius 2 is 1.67 bits per heavy atom. The number of nitrogens with zero attached hydrogens (tertiary/aromatic N) is 6. The topological polar surface area (TPSA) is 264 Å². The number of aliphatic hydroxyl groups excluding tert-OH is 1. The molecule has 2 aromatic carbocycles. The highest BCUT2D eigenvalue weighted by atomic mass is 32.1. The predicted molar refractivity (Wildman–Crippen MR) is 266 cm³/mol. The van der Waals surface area contributed by atoms with Crippen molar-refractivity contribution in [3.8, 4) is 10.4 Å². The van der Waals surface area contributed by atoms with Crippen LogP contribution in [0.4, 0.5) is 5.95 Å². The van der Waals surface area contributed by atoms with Crippen LogP contribution in [0.5, 0.6) is 0 Å². The molecule has 4 heterocycles. The molecule has 4 amide bonds. The summed E-state index contributed by atoms with van der Waals surface area (Å²) in [6, 6.07) is 14.1. The molecule has 0 unspecified atom stereocenters. The molecule has 0 spiro atoms. The monoisotopic (exact) mass is 981 g/mol. The number of hydrogen-bond acceptors (Lipinski definition) is 15. The molecule has 2 aliphatic rings. The zero-order valence-electron chi connectivity index (χ0n) is 40.5. The number of amides is 4. The van der Waals surface area contributed by atoms with Gasteiger partial charge in [0.1, 0.15) is 12.1 Å². The average molecular weight is 982 g/mol. The summed E-state index contributed by atoms with van der Waals surface area (Å²) in [6.07, 6.45) is 5.61.